The highest BCUT2D eigenvalue weighted by Gasteiger charge is 2.73. The van der Waals surface area contributed by atoms with Gasteiger partial charge in [-0.15, -0.1) is 0 Å². The molecule has 7 nitrogen and oxygen atoms in total. The second kappa shape index (κ2) is 8.55. The Hall–Kier alpha value is -2.19. The lowest BCUT2D eigenvalue weighted by atomic mass is 9.74. The first-order chi connectivity index (χ1) is 15.8. The first-order valence-corrected chi connectivity index (χ1v) is 12.7. The van der Waals surface area contributed by atoms with Crippen LogP contribution < -0.4 is 10.6 Å². The van der Waals surface area contributed by atoms with Crippen molar-refractivity contribution in [2.24, 2.45) is 11.8 Å². The number of fused-ring (bicyclic) bond motifs is 1. The maximum Gasteiger partial charge on any atom is 0.246 e. The minimum Gasteiger partial charge on any atom is -0.359 e. The Morgan fingerprint density at radius 1 is 1.12 bits per heavy atom. The molecule has 1 aromatic rings. The quantitative estimate of drug-likeness (QED) is 0.588. The van der Waals surface area contributed by atoms with Crippen LogP contribution in [0.1, 0.15) is 46.0 Å². The summed E-state index contributed by atoms with van der Waals surface area (Å²) in [7, 11) is 0. The molecule has 2 bridgehead atoms. The molecule has 176 valence electrons. The lowest BCUT2D eigenvalue weighted by molar-refractivity contribution is -0.143. The third kappa shape index (κ3) is 3.71. The van der Waals surface area contributed by atoms with Crippen molar-refractivity contribution in [1.82, 2.24) is 10.2 Å². The molecule has 0 unspecified atom stereocenters. The third-order valence-corrected chi connectivity index (χ3v) is 8.01. The largest absolute Gasteiger partial charge is 0.359 e. The van der Waals surface area contributed by atoms with E-state index >= 15 is 0 Å². The van der Waals surface area contributed by atoms with Gasteiger partial charge in [-0.25, -0.2) is 0 Å². The number of halogens is 1. The van der Waals surface area contributed by atoms with Gasteiger partial charge in [-0.1, -0.05) is 47.3 Å². The Balaban J connectivity index is 1.43. The van der Waals surface area contributed by atoms with Crippen molar-refractivity contribution in [2.75, 3.05) is 5.32 Å². The van der Waals surface area contributed by atoms with Gasteiger partial charge in [-0.3, -0.25) is 14.4 Å². The molecule has 0 radical (unpaired) electrons. The molecular weight excluding hydrogens is 486 g/mol. The van der Waals surface area contributed by atoms with Crippen LogP contribution in [0.5, 0.6) is 0 Å². The summed E-state index contributed by atoms with van der Waals surface area (Å²) < 4.78 is 7.26. The summed E-state index contributed by atoms with van der Waals surface area (Å²) in [4.78, 5) is 42.2. The van der Waals surface area contributed by atoms with Crippen LogP contribution in [-0.4, -0.2) is 52.5 Å². The van der Waals surface area contributed by atoms with Gasteiger partial charge in [-0.05, 0) is 51.0 Å². The Morgan fingerprint density at radius 3 is 2.48 bits per heavy atom. The second-order valence-corrected chi connectivity index (χ2v) is 10.8. The molecule has 33 heavy (non-hydrogen) atoms. The van der Waals surface area contributed by atoms with Crippen LogP contribution in [0.15, 0.2) is 40.9 Å². The predicted molar refractivity (Wildman–Crippen MR) is 127 cm³/mol. The first kappa shape index (κ1) is 22.6. The fraction of sp³-hybridized carbons (Fsp3) is 0.560. The van der Waals surface area contributed by atoms with Crippen LogP contribution in [-0.2, 0) is 19.1 Å². The summed E-state index contributed by atoms with van der Waals surface area (Å²) in [6.07, 6.45) is 8.51. The number of anilines is 1. The molecule has 2 saturated heterocycles. The number of rotatable bonds is 5. The summed E-state index contributed by atoms with van der Waals surface area (Å²) in [6.45, 7) is 3.81. The van der Waals surface area contributed by atoms with Crippen LogP contribution in [0.3, 0.4) is 0 Å². The normalized spacial score (nSPS) is 33.0. The van der Waals surface area contributed by atoms with Crippen molar-refractivity contribution in [3.05, 3.63) is 40.9 Å². The van der Waals surface area contributed by atoms with Crippen molar-refractivity contribution in [1.29, 1.82) is 0 Å². The molecule has 1 saturated carbocycles. The molecule has 4 aliphatic rings. The average Bonchev–Trinajstić information content (AvgIpc) is 3.43. The number of hydrogen-bond acceptors (Lipinski definition) is 4. The van der Waals surface area contributed by atoms with E-state index in [1.54, 1.807) is 17.0 Å². The number of carbonyl (C=O) groups excluding carboxylic acids is 3. The molecule has 5 atom stereocenters. The topological polar surface area (TPSA) is 87.7 Å². The minimum absolute atomic E-state index is 0.130. The number of carbonyl (C=O) groups is 3. The molecule has 5 rings (SSSR count). The van der Waals surface area contributed by atoms with E-state index in [2.05, 4.69) is 26.6 Å². The molecule has 3 heterocycles. The Labute approximate surface area is 202 Å². The molecule has 1 aliphatic carbocycles. The van der Waals surface area contributed by atoms with E-state index in [1.807, 2.05) is 38.1 Å². The summed E-state index contributed by atoms with van der Waals surface area (Å²) in [5.74, 6) is -2.02. The number of nitrogens with one attached hydrogen (secondary N) is 2. The molecule has 1 aromatic carbocycles. The van der Waals surface area contributed by atoms with Crippen LogP contribution in [0.4, 0.5) is 5.69 Å². The number of hydrogen-bond donors (Lipinski definition) is 2. The van der Waals surface area contributed by atoms with Crippen molar-refractivity contribution in [2.45, 2.75) is 75.8 Å². The molecular formula is C25H30BrN3O4. The predicted octanol–water partition coefficient (Wildman–Crippen LogP) is 3.40. The fourth-order valence-electron chi connectivity index (χ4n) is 6.05. The Kier molecular flexibility index (Phi) is 5.85. The van der Waals surface area contributed by atoms with Gasteiger partial charge in [-0.2, -0.15) is 0 Å². The molecule has 3 amide bonds. The number of amides is 3. The Morgan fingerprint density at radius 2 is 1.82 bits per heavy atom. The fourth-order valence-corrected chi connectivity index (χ4v) is 6.31. The zero-order valence-corrected chi connectivity index (χ0v) is 20.5. The van der Waals surface area contributed by atoms with Gasteiger partial charge in [0.2, 0.25) is 17.7 Å². The van der Waals surface area contributed by atoms with Crippen molar-refractivity contribution < 1.29 is 19.1 Å². The van der Waals surface area contributed by atoms with Crippen LogP contribution in [0.25, 0.3) is 0 Å². The van der Waals surface area contributed by atoms with E-state index in [1.165, 1.54) is 6.42 Å². The van der Waals surface area contributed by atoms with E-state index in [9.17, 15) is 14.4 Å². The summed E-state index contributed by atoms with van der Waals surface area (Å²) in [5, 5.41) is 6.13. The minimum atomic E-state index is -1.10. The van der Waals surface area contributed by atoms with Gasteiger partial charge in [0.25, 0.3) is 0 Å². The van der Waals surface area contributed by atoms with Crippen molar-refractivity contribution >= 4 is 39.3 Å². The van der Waals surface area contributed by atoms with E-state index < -0.39 is 29.6 Å². The SMILES string of the molecule is CC(C)N1C(=O)[C@H]2[C@@H](C(=O)Nc3ccc(Br)cc3)[C@H]3C=C[C@@]2(O3)[C@H]1C(=O)NC1CCCCC1. The van der Waals surface area contributed by atoms with Gasteiger partial charge in [0.05, 0.1) is 17.9 Å². The maximum absolute atomic E-state index is 13.7. The summed E-state index contributed by atoms with van der Waals surface area (Å²) in [6, 6.07) is 6.47. The van der Waals surface area contributed by atoms with Crippen LogP contribution >= 0.6 is 15.9 Å². The van der Waals surface area contributed by atoms with E-state index in [0.29, 0.717) is 5.69 Å². The zero-order valence-electron chi connectivity index (χ0n) is 18.9. The van der Waals surface area contributed by atoms with Gasteiger partial charge in [0, 0.05) is 22.2 Å². The number of ether oxygens (including phenoxy) is 1. The highest BCUT2D eigenvalue weighted by molar-refractivity contribution is 9.10. The molecule has 3 aliphatic heterocycles. The summed E-state index contributed by atoms with van der Waals surface area (Å²) in [5.41, 5.74) is -0.450. The van der Waals surface area contributed by atoms with E-state index in [4.69, 9.17) is 4.74 Å². The number of benzene rings is 1. The van der Waals surface area contributed by atoms with Gasteiger partial charge in [0.1, 0.15) is 11.6 Å². The van der Waals surface area contributed by atoms with Crippen LogP contribution in [0, 0.1) is 11.8 Å². The smallest absolute Gasteiger partial charge is 0.246 e. The second-order valence-electron chi connectivity index (χ2n) is 9.88. The summed E-state index contributed by atoms with van der Waals surface area (Å²) >= 11 is 3.39. The Bertz CT molecular complexity index is 988. The lowest BCUT2D eigenvalue weighted by Crippen LogP contribution is -2.57. The van der Waals surface area contributed by atoms with Crippen molar-refractivity contribution in [3.63, 3.8) is 0 Å². The highest BCUT2D eigenvalue weighted by atomic mass is 79.9. The number of likely N-dealkylation sites (tertiary alicyclic amines) is 1. The molecule has 3 fully saturated rings. The highest BCUT2D eigenvalue weighted by Crippen LogP contribution is 2.55. The third-order valence-electron chi connectivity index (χ3n) is 7.48. The van der Waals surface area contributed by atoms with E-state index in [-0.39, 0.29) is 29.8 Å². The first-order valence-electron chi connectivity index (χ1n) is 11.9. The maximum atomic E-state index is 13.7. The molecule has 2 N–H and O–H groups in total. The van der Waals surface area contributed by atoms with Crippen molar-refractivity contribution in [3.8, 4) is 0 Å². The van der Waals surface area contributed by atoms with Crippen LogP contribution in [0.2, 0.25) is 0 Å². The van der Waals surface area contributed by atoms with Gasteiger partial charge < -0.3 is 20.3 Å². The molecule has 0 aromatic heterocycles. The lowest BCUT2D eigenvalue weighted by Gasteiger charge is -2.35. The monoisotopic (exact) mass is 515 g/mol. The van der Waals surface area contributed by atoms with Gasteiger partial charge in [0.15, 0.2) is 0 Å². The number of nitrogens with zero attached hydrogens (tertiary/aromatic N) is 1. The molecule has 1 spiro atoms. The molecule has 8 heteroatoms. The van der Waals surface area contributed by atoms with Gasteiger partial charge >= 0.3 is 0 Å². The zero-order chi connectivity index (χ0) is 23.3. The average molecular weight is 516 g/mol. The van der Waals surface area contributed by atoms with E-state index in [0.717, 1.165) is 30.2 Å². The standard InChI is InChI=1S/C25H30BrN3O4/c1-14(2)29-21(23(31)28-16-6-4-3-5-7-16)25-13-12-18(33-25)19(20(25)24(29)32)22(30)27-17-10-8-15(26)9-11-17/h8-14,16,18-21H,3-7H2,1-2H3,(H,27,30)(H,28,31)/t18-,19+,20-,21-,25+/m1/s1.